The van der Waals surface area contributed by atoms with Crippen LogP contribution in [0.2, 0.25) is 0 Å². The molecular formula is C23H26BF3N4O7. The monoisotopic (exact) mass is 538 g/mol. The minimum atomic E-state index is -4.84. The maximum Gasteiger partial charge on any atom is 0.573 e. The van der Waals surface area contributed by atoms with Gasteiger partial charge in [0.25, 0.3) is 0 Å². The Morgan fingerprint density at radius 3 is 2.05 bits per heavy atom. The largest absolute Gasteiger partial charge is 0.573 e. The molecule has 0 saturated heterocycles. The van der Waals surface area contributed by atoms with Crippen LogP contribution in [-0.4, -0.2) is 72.7 Å². The second kappa shape index (κ2) is 14.6. The van der Waals surface area contributed by atoms with Gasteiger partial charge in [-0.1, -0.05) is 42.5 Å². The van der Waals surface area contributed by atoms with Crippen LogP contribution in [0.1, 0.15) is 11.1 Å². The predicted molar refractivity (Wildman–Crippen MR) is 128 cm³/mol. The molecule has 6 N–H and O–H groups in total. The Kier molecular flexibility index (Phi) is 11.6. The topological polar surface area (TPSA) is 166 Å². The molecule has 0 aliphatic rings. The van der Waals surface area contributed by atoms with E-state index < -0.39 is 68.4 Å². The van der Waals surface area contributed by atoms with Crippen molar-refractivity contribution >= 4 is 30.7 Å². The molecule has 2 aromatic carbocycles. The summed E-state index contributed by atoms with van der Waals surface area (Å²) in [4.78, 5) is 49.0. The Morgan fingerprint density at radius 2 is 1.45 bits per heavy atom. The lowest BCUT2D eigenvalue weighted by Crippen LogP contribution is -2.52. The van der Waals surface area contributed by atoms with Gasteiger partial charge in [0.15, 0.2) is 0 Å². The summed E-state index contributed by atoms with van der Waals surface area (Å²) in [6.45, 7) is -0.961. The van der Waals surface area contributed by atoms with E-state index in [9.17, 15) is 32.3 Å². The maximum absolute atomic E-state index is 12.6. The second-order valence-electron chi connectivity index (χ2n) is 7.96. The summed E-state index contributed by atoms with van der Waals surface area (Å²) in [6.07, 6.45) is -5.40. The van der Waals surface area contributed by atoms with Crippen molar-refractivity contribution in [1.82, 2.24) is 21.3 Å². The smallest absolute Gasteiger partial charge is 0.426 e. The number of hydrogen-bond donors (Lipinski definition) is 6. The van der Waals surface area contributed by atoms with E-state index in [2.05, 4.69) is 26.0 Å². The van der Waals surface area contributed by atoms with Gasteiger partial charge in [0, 0.05) is 6.42 Å². The Bertz CT molecular complexity index is 1090. The van der Waals surface area contributed by atoms with Gasteiger partial charge >= 0.3 is 13.5 Å². The fourth-order valence-electron chi connectivity index (χ4n) is 3.10. The van der Waals surface area contributed by atoms with E-state index in [-0.39, 0.29) is 12.8 Å². The number of rotatable bonds is 13. The van der Waals surface area contributed by atoms with Crippen molar-refractivity contribution in [3.05, 3.63) is 65.7 Å². The first kappa shape index (κ1) is 30.1. The summed E-state index contributed by atoms with van der Waals surface area (Å²) in [5.41, 5.74) is 1.09. The third-order valence-electron chi connectivity index (χ3n) is 4.81. The standard InChI is InChI=1S/C23H26BF3N4O7/c25-23(26,27)38-17-8-6-16(7-9-17)11-19(32)28-13-21(34)31-18(10-15-4-2-1-3-5-15)22(35)29-12-20(33)30-14-24(36)37/h1-9,18,36-37H,10-14H2,(H,28,32)(H,29,35)(H,30,33)(H,31,34). The van der Waals surface area contributed by atoms with Gasteiger partial charge < -0.3 is 36.1 Å². The summed E-state index contributed by atoms with van der Waals surface area (Å²) in [7, 11) is -1.75. The Labute approximate surface area is 215 Å². The van der Waals surface area contributed by atoms with Crippen molar-refractivity contribution in [3.8, 4) is 5.75 Å². The molecule has 38 heavy (non-hydrogen) atoms. The molecular weight excluding hydrogens is 512 g/mol. The molecule has 0 spiro atoms. The van der Waals surface area contributed by atoms with Crippen molar-refractivity contribution in [1.29, 1.82) is 0 Å². The van der Waals surface area contributed by atoms with Gasteiger partial charge in [-0.25, -0.2) is 0 Å². The van der Waals surface area contributed by atoms with E-state index in [1.165, 1.54) is 12.1 Å². The number of carbonyl (C=O) groups excluding carboxylic acids is 4. The molecule has 15 heteroatoms. The molecule has 0 aliphatic carbocycles. The first-order valence-electron chi connectivity index (χ1n) is 11.3. The van der Waals surface area contributed by atoms with E-state index in [1.54, 1.807) is 30.3 Å². The van der Waals surface area contributed by atoms with Crippen molar-refractivity contribution < 1.29 is 47.1 Å². The van der Waals surface area contributed by atoms with Crippen LogP contribution in [0.5, 0.6) is 5.75 Å². The normalized spacial score (nSPS) is 11.6. The predicted octanol–water partition coefficient (Wildman–Crippen LogP) is -0.784. The fraction of sp³-hybridized carbons (Fsp3) is 0.304. The van der Waals surface area contributed by atoms with Crippen LogP contribution in [0.3, 0.4) is 0 Å². The molecule has 204 valence electrons. The lowest BCUT2D eigenvalue weighted by Gasteiger charge is -2.19. The third-order valence-corrected chi connectivity index (χ3v) is 4.81. The molecule has 2 aromatic rings. The minimum absolute atomic E-state index is 0.0790. The molecule has 0 saturated carbocycles. The zero-order valence-corrected chi connectivity index (χ0v) is 20.0. The van der Waals surface area contributed by atoms with Crippen LogP contribution >= 0.6 is 0 Å². The molecule has 0 radical (unpaired) electrons. The average molecular weight is 538 g/mol. The van der Waals surface area contributed by atoms with E-state index in [1.807, 2.05) is 0 Å². The number of alkyl halides is 3. The van der Waals surface area contributed by atoms with Crippen LogP contribution in [0.25, 0.3) is 0 Å². The molecule has 0 heterocycles. The van der Waals surface area contributed by atoms with Gasteiger partial charge in [0.05, 0.1) is 26.0 Å². The van der Waals surface area contributed by atoms with Crippen molar-refractivity contribution in [2.75, 3.05) is 19.5 Å². The zero-order chi connectivity index (χ0) is 28.1. The third kappa shape index (κ3) is 12.2. The number of halogens is 3. The molecule has 11 nitrogen and oxygen atoms in total. The molecule has 0 aromatic heterocycles. The average Bonchev–Trinajstić information content (AvgIpc) is 2.85. The Balaban J connectivity index is 1.89. The number of benzene rings is 2. The Hall–Kier alpha value is -4.11. The molecule has 1 atom stereocenters. The first-order valence-corrected chi connectivity index (χ1v) is 11.3. The summed E-state index contributed by atoms with van der Waals surface area (Å²) in [5.74, 6) is -3.09. The number of nitrogens with one attached hydrogen (secondary N) is 4. The summed E-state index contributed by atoms with van der Waals surface area (Å²) >= 11 is 0. The molecule has 1 unspecified atom stereocenters. The van der Waals surface area contributed by atoms with E-state index in [0.29, 0.717) is 11.1 Å². The number of carbonyl (C=O) groups is 4. The summed E-state index contributed by atoms with van der Waals surface area (Å²) in [6, 6.07) is 12.3. The summed E-state index contributed by atoms with van der Waals surface area (Å²) < 4.78 is 40.5. The quantitative estimate of drug-likeness (QED) is 0.182. The van der Waals surface area contributed by atoms with Crippen LogP contribution < -0.4 is 26.0 Å². The first-order chi connectivity index (χ1) is 17.9. The van der Waals surface area contributed by atoms with E-state index >= 15 is 0 Å². The highest BCUT2D eigenvalue weighted by molar-refractivity contribution is 6.41. The second-order valence-corrected chi connectivity index (χ2v) is 7.96. The minimum Gasteiger partial charge on any atom is -0.426 e. The van der Waals surface area contributed by atoms with Gasteiger partial charge in [0.2, 0.25) is 23.6 Å². The molecule has 0 aliphatic heterocycles. The van der Waals surface area contributed by atoms with Gasteiger partial charge in [-0.15, -0.1) is 13.2 Å². The Morgan fingerprint density at radius 1 is 0.816 bits per heavy atom. The number of amides is 4. The zero-order valence-electron chi connectivity index (χ0n) is 20.0. The summed E-state index contributed by atoms with van der Waals surface area (Å²) in [5, 5.41) is 27.0. The number of hydrogen-bond acceptors (Lipinski definition) is 7. The molecule has 0 bridgehead atoms. The van der Waals surface area contributed by atoms with Gasteiger partial charge in [-0.2, -0.15) is 0 Å². The van der Waals surface area contributed by atoms with Crippen molar-refractivity contribution in [2.24, 2.45) is 0 Å². The molecule has 0 fully saturated rings. The van der Waals surface area contributed by atoms with Gasteiger partial charge in [-0.3, -0.25) is 19.2 Å². The lowest BCUT2D eigenvalue weighted by molar-refractivity contribution is -0.274. The van der Waals surface area contributed by atoms with E-state index in [0.717, 1.165) is 12.1 Å². The lowest BCUT2D eigenvalue weighted by atomic mass is 9.92. The maximum atomic E-state index is 12.6. The van der Waals surface area contributed by atoms with Gasteiger partial charge in [-0.05, 0) is 23.3 Å². The van der Waals surface area contributed by atoms with Crippen LogP contribution in [-0.2, 0) is 32.0 Å². The van der Waals surface area contributed by atoms with Crippen LogP contribution in [0.15, 0.2) is 54.6 Å². The van der Waals surface area contributed by atoms with Gasteiger partial charge in [0.1, 0.15) is 11.8 Å². The van der Waals surface area contributed by atoms with E-state index in [4.69, 9.17) is 10.0 Å². The highest BCUT2D eigenvalue weighted by Gasteiger charge is 2.31. The SMILES string of the molecule is O=C(CNC(=O)C(Cc1ccccc1)NC(=O)CNC(=O)Cc1ccc(OC(F)(F)F)cc1)NCB(O)O. The molecule has 2 rings (SSSR count). The highest BCUT2D eigenvalue weighted by atomic mass is 19.4. The molecule has 4 amide bonds. The fourth-order valence-corrected chi connectivity index (χ4v) is 3.10. The van der Waals surface area contributed by atoms with Crippen molar-refractivity contribution in [2.45, 2.75) is 25.2 Å². The van der Waals surface area contributed by atoms with Crippen molar-refractivity contribution in [3.63, 3.8) is 0 Å². The van der Waals surface area contributed by atoms with Crippen LogP contribution in [0.4, 0.5) is 13.2 Å². The highest BCUT2D eigenvalue weighted by Crippen LogP contribution is 2.22. The number of ether oxygens (including phenoxy) is 1. The van der Waals surface area contributed by atoms with Crippen LogP contribution in [0, 0.1) is 0 Å².